The quantitative estimate of drug-likeness (QED) is 0.787. The molecule has 1 saturated heterocycles. The fraction of sp³-hybridized carbons (Fsp3) is 0.500. The van der Waals surface area contributed by atoms with Crippen molar-refractivity contribution in [2.45, 2.75) is 18.1 Å². The van der Waals surface area contributed by atoms with Gasteiger partial charge >= 0.3 is 0 Å². The average Bonchev–Trinajstić information content (AvgIpc) is 2.30. The topological polar surface area (TPSA) is 58.9 Å². The smallest absolute Gasteiger partial charge is 0.123 e. The molecule has 2 N–H and O–H groups in total. The molecule has 2 unspecified atom stereocenters. The minimum Gasteiger partial charge on any atom is -0.508 e. The number of benzene rings is 1. The largest absolute Gasteiger partial charge is 0.508 e. The standard InChI is InChI=1S/C12H16O4/c1-15-12(5-6-16-8-11(12)14)9-3-2-4-10(13)7-9/h2-4,7,11,13-14H,5-6,8H2,1H3. The second kappa shape index (κ2) is 4.41. The van der Waals surface area contributed by atoms with Crippen molar-refractivity contribution in [2.75, 3.05) is 20.3 Å². The minimum absolute atomic E-state index is 0.174. The van der Waals surface area contributed by atoms with Crippen LogP contribution in [0.5, 0.6) is 5.75 Å². The van der Waals surface area contributed by atoms with E-state index in [4.69, 9.17) is 9.47 Å². The van der Waals surface area contributed by atoms with Crippen LogP contribution in [0.4, 0.5) is 0 Å². The average molecular weight is 224 g/mol. The van der Waals surface area contributed by atoms with Crippen LogP contribution in [0.25, 0.3) is 0 Å². The lowest BCUT2D eigenvalue weighted by Crippen LogP contribution is -2.48. The van der Waals surface area contributed by atoms with Crippen LogP contribution in [-0.2, 0) is 15.1 Å². The fourth-order valence-corrected chi connectivity index (χ4v) is 2.18. The van der Waals surface area contributed by atoms with Crippen molar-refractivity contribution >= 4 is 0 Å². The van der Waals surface area contributed by atoms with Crippen LogP contribution in [0, 0.1) is 0 Å². The number of aromatic hydroxyl groups is 1. The van der Waals surface area contributed by atoms with Crippen LogP contribution in [0.1, 0.15) is 12.0 Å². The van der Waals surface area contributed by atoms with Gasteiger partial charge in [0.15, 0.2) is 0 Å². The molecule has 4 heteroatoms. The number of methoxy groups -OCH3 is 1. The van der Waals surface area contributed by atoms with Crippen LogP contribution in [0.3, 0.4) is 0 Å². The third-order valence-corrected chi connectivity index (χ3v) is 3.13. The molecule has 0 radical (unpaired) electrons. The normalized spacial score (nSPS) is 30.2. The lowest BCUT2D eigenvalue weighted by atomic mass is 9.84. The first-order chi connectivity index (χ1) is 7.69. The van der Waals surface area contributed by atoms with Crippen molar-refractivity contribution < 1.29 is 19.7 Å². The van der Waals surface area contributed by atoms with Crippen LogP contribution >= 0.6 is 0 Å². The van der Waals surface area contributed by atoms with Crippen LogP contribution in [0.2, 0.25) is 0 Å². The molecule has 0 aromatic heterocycles. The van der Waals surface area contributed by atoms with Crippen molar-refractivity contribution in [2.24, 2.45) is 0 Å². The van der Waals surface area contributed by atoms with Gasteiger partial charge in [-0.25, -0.2) is 0 Å². The van der Waals surface area contributed by atoms with E-state index in [1.54, 1.807) is 25.3 Å². The van der Waals surface area contributed by atoms with E-state index in [2.05, 4.69) is 0 Å². The molecule has 2 atom stereocenters. The third-order valence-electron chi connectivity index (χ3n) is 3.13. The van der Waals surface area contributed by atoms with Gasteiger partial charge in [0.2, 0.25) is 0 Å². The van der Waals surface area contributed by atoms with E-state index in [-0.39, 0.29) is 12.4 Å². The molecule has 0 saturated carbocycles. The molecule has 0 amide bonds. The number of phenolic OH excluding ortho intramolecular Hbond substituents is 1. The van der Waals surface area contributed by atoms with Crippen LogP contribution in [-0.4, -0.2) is 36.6 Å². The summed E-state index contributed by atoms with van der Waals surface area (Å²) in [6.07, 6.45) is -0.137. The number of phenols is 1. The summed E-state index contributed by atoms with van der Waals surface area (Å²) in [5.41, 5.74) is 0.0163. The maximum atomic E-state index is 10.0. The van der Waals surface area contributed by atoms with Gasteiger partial charge in [0.1, 0.15) is 17.5 Å². The van der Waals surface area contributed by atoms with Gasteiger partial charge < -0.3 is 19.7 Å². The van der Waals surface area contributed by atoms with Gasteiger partial charge in [-0.15, -0.1) is 0 Å². The Kier molecular flexibility index (Phi) is 3.14. The molecule has 1 aliphatic rings. The van der Waals surface area contributed by atoms with Crippen molar-refractivity contribution in [3.05, 3.63) is 29.8 Å². The second-order valence-corrected chi connectivity index (χ2v) is 3.98. The van der Waals surface area contributed by atoms with Gasteiger partial charge in [-0.3, -0.25) is 0 Å². The number of hydrogen-bond donors (Lipinski definition) is 2. The number of ether oxygens (including phenoxy) is 2. The summed E-state index contributed by atoms with van der Waals surface area (Å²) in [5.74, 6) is 0.174. The maximum absolute atomic E-state index is 10.0. The Morgan fingerprint density at radius 3 is 2.94 bits per heavy atom. The van der Waals surface area contributed by atoms with Crippen molar-refractivity contribution in [1.29, 1.82) is 0 Å². The highest BCUT2D eigenvalue weighted by Gasteiger charge is 2.42. The lowest BCUT2D eigenvalue weighted by molar-refractivity contribution is -0.175. The zero-order chi connectivity index (χ0) is 11.6. The molecule has 4 nitrogen and oxygen atoms in total. The monoisotopic (exact) mass is 224 g/mol. The maximum Gasteiger partial charge on any atom is 0.123 e. The molecule has 2 rings (SSSR count). The van der Waals surface area contributed by atoms with Crippen LogP contribution in [0.15, 0.2) is 24.3 Å². The minimum atomic E-state index is -0.767. The van der Waals surface area contributed by atoms with E-state index in [1.807, 2.05) is 6.07 Å². The molecule has 16 heavy (non-hydrogen) atoms. The number of hydrogen-bond acceptors (Lipinski definition) is 4. The van der Waals surface area contributed by atoms with Gasteiger partial charge in [0.05, 0.1) is 6.61 Å². The Balaban J connectivity index is 2.40. The van der Waals surface area contributed by atoms with Gasteiger partial charge in [-0.05, 0) is 17.7 Å². The molecule has 0 aliphatic carbocycles. The van der Waals surface area contributed by atoms with Crippen molar-refractivity contribution in [3.8, 4) is 5.75 Å². The van der Waals surface area contributed by atoms with Crippen molar-refractivity contribution in [1.82, 2.24) is 0 Å². The lowest BCUT2D eigenvalue weighted by Gasteiger charge is -2.40. The van der Waals surface area contributed by atoms with E-state index < -0.39 is 11.7 Å². The molecule has 1 aliphatic heterocycles. The predicted octanol–water partition coefficient (Wildman–Crippen LogP) is 1.02. The van der Waals surface area contributed by atoms with E-state index in [0.717, 1.165) is 5.56 Å². The molecular weight excluding hydrogens is 208 g/mol. The molecule has 88 valence electrons. The summed E-state index contributed by atoms with van der Waals surface area (Å²) < 4.78 is 10.7. The van der Waals surface area contributed by atoms with E-state index in [9.17, 15) is 10.2 Å². The third kappa shape index (κ3) is 1.80. The first kappa shape index (κ1) is 11.4. The molecule has 1 aromatic carbocycles. The second-order valence-electron chi connectivity index (χ2n) is 3.98. The Labute approximate surface area is 94.4 Å². The SMILES string of the molecule is COC1(c2cccc(O)c2)CCOCC1O. The van der Waals surface area contributed by atoms with Gasteiger partial charge in [0.25, 0.3) is 0 Å². The fourth-order valence-electron chi connectivity index (χ4n) is 2.18. The summed E-state index contributed by atoms with van der Waals surface area (Å²) in [6.45, 7) is 0.796. The Morgan fingerprint density at radius 1 is 1.50 bits per heavy atom. The highest BCUT2D eigenvalue weighted by atomic mass is 16.5. The zero-order valence-corrected chi connectivity index (χ0v) is 9.22. The summed E-state index contributed by atoms with van der Waals surface area (Å²) in [5, 5.41) is 19.5. The van der Waals surface area contributed by atoms with E-state index >= 15 is 0 Å². The molecule has 1 aromatic rings. The Bertz CT molecular complexity index is 366. The summed E-state index contributed by atoms with van der Waals surface area (Å²) in [4.78, 5) is 0. The molecular formula is C12H16O4. The molecule has 1 heterocycles. The van der Waals surface area contributed by atoms with E-state index in [0.29, 0.717) is 13.0 Å². The molecule has 1 fully saturated rings. The highest BCUT2D eigenvalue weighted by Crippen LogP contribution is 2.36. The van der Waals surface area contributed by atoms with Gasteiger partial charge in [0, 0.05) is 20.1 Å². The van der Waals surface area contributed by atoms with E-state index in [1.165, 1.54) is 0 Å². The van der Waals surface area contributed by atoms with Crippen molar-refractivity contribution in [3.63, 3.8) is 0 Å². The summed E-state index contributed by atoms with van der Waals surface area (Å²) in [6, 6.07) is 6.81. The number of aliphatic hydroxyl groups is 1. The summed E-state index contributed by atoms with van der Waals surface area (Å²) >= 11 is 0. The first-order valence-corrected chi connectivity index (χ1v) is 5.29. The number of rotatable bonds is 2. The molecule has 0 spiro atoms. The zero-order valence-electron chi connectivity index (χ0n) is 9.22. The van der Waals surface area contributed by atoms with Gasteiger partial charge in [-0.1, -0.05) is 12.1 Å². The highest BCUT2D eigenvalue weighted by molar-refractivity contribution is 5.32. The van der Waals surface area contributed by atoms with Crippen LogP contribution < -0.4 is 0 Å². The summed E-state index contributed by atoms with van der Waals surface area (Å²) in [7, 11) is 1.57. The van der Waals surface area contributed by atoms with Gasteiger partial charge in [-0.2, -0.15) is 0 Å². The Morgan fingerprint density at radius 2 is 2.31 bits per heavy atom. The predicted molar refractivity (Wildman–Crippen MR) is 58.2 cm³/mol. The number of aliphatic hydroxyl groups excluding tert-OH is 1. The molecule has 0 bridgehead atoms. The Hall–Kier alpha value is -1.10. The first-order valence-electron chi connectivity index (χ1n) is 5.29.